The molecular weight excluding hydrogens is 474 g/mol. The summed E-state index contributed by atoms with van der Waals surface area (Å²) in [4.78, 5) is 17.8. The van der Waals surface area contributed by atoms with Crippen molar-refractivity contribution in [2.75, 3.05) is 26.7 Å². The van der Waals surface area contributed by atoms with Gasteiger partial charge in [0.25, 0.3) is 0 Å². The molecule has 1 aliphatic rings. The van der Waals surface area contributed by atoms with Gasteiger partial charge in [0.05, 0.1) is 18.7 Å². The predicted molar refractivity (Wildman–Crippen MR) is 138 cm³/mol. The molecule has 10 nitrogen and oxygen atoms in total. The minimum atomic E-state index is -1.02. The van der Waals surface area contributed by atoms with Crippen molar-refractivity contribution in [1.29, 1.82) is 0 Å². The molecule has 4 aromatic rings. The number of aliphatic hydroxyl groups excluding tert-OH is 1. The Bertz CT molecular complexity index is 1430. The fourth-order valence-electron chi connectivity index (χ4n) is 4.79. The number of hydrogen-bond donors (Lipinski definition) is 3. The van der Waals surface area contributed by atoms with E-state index in [4.69, 9.17) is 14.4 Å². The first kappa shape index (κ1) is 24.8. The van der Waals surface area contributed by atoms with Gasteiger partial charge in [0.1, 0.15) is 5.52 Å². The zero-order valence-corrected chi connectivity index (χ0v) is 20.5. The van der Waals surface area contributed by atoms with Crippen LogP contribution in [0, 0.1) is 0 Å². The fraction of sp³-hybridized carbons (Fsp3) is 0.333. The largest absolute Gasteiger partial charge is 0.481 e. The van der Waals surface area contributed by atoms with Gasteiger partial charge in [0.2, 0.25) is 5.88 Å². The van der Waals surface area contributed by atoms with E-state index in [1.54, 1.807) is 13.2 Å². The lowest BCUT2D eigenvalue weighted by molar-refractivity contribution is -0.131. The number of carbonyl (C=O) groups is 1. The molecule has 2 aromatic carbocycles. The predicted octanol–water partition coefficient (Wildman–Crippen LogP) is 3.17. The number of pyridine rings is 1. The maximum Gasteiger partial charge on any atom is 0.328 e. The van der Waals surface area contributed by atoms with Crippen LogP contribution < -0.4 is 10.1 Å². The van der Waals surface area contributed by atoms with E-state index in [-0.39, 0.29) is 0 Å². The van der Waals surface area contributed by atoms with Crippen LogP contribution in [0.5, 0.6) is 5.88 Å². The van der Waals surface area contributed by atoms with Crippen molar-refractivity contribution in [1.82, 2.24) is 25.6 Å². The molecule has 1 unspecified atom stereocenters. The molecule has 1 saturated heterocycles. The highest BCUT2D eigenvalue weighted by Crippen LogP contribution is 2.30. The third-order valence-electron chi connectivity index (χ3n) is 6.79. The molecule has 5 rings (SSSR count). The van der Waals surface area contributed by atoms with Crippen LogP contribution in [-0.2, 0) is 11.3 Å². The molecule has 0 radical (unpaired) electrons. The number of nitrogens with one attached hydrogen (secondary N) is 1. The average molecular weight is 504 g/mol. The normalized spacial score (nSPS) is 16.1. The highest BCUT2D eigenvalue weighted by molar-refractivity contribution is 5.94. The topological polar surface area (TPSA) is 134 Å². The number of aliphatic hydroxyl groups is 1. The Kier molecular flexibility index (Phi) is 7.40. The van der Waals surface area contributed by atoms with E-state index < -0.39 is 12.1 Å². The van der Waals surface area contributed by atoms with Crippen LogP contribution in [0.3, 0.4) is 0 Å². The number of methoxy groups -OCH3 is 1. The van der Waals surface area contributed by atoms with Crippen LogP contribution in [0.4, 0.5) is 0 Å². The third-order valence-corrected chi connectivity index (χ3v) is 6.79. The molecule has 1 aliphatic heterocycles. The second kappa shape index (κ2) is 11.0. The van der Waals surface area contributed by atoms with E-state index in [0.29, 0.717) is 40.7 Å². The highest BCUT2D eigenvalue weighted by Gasteiger charge is 2.23. The summed E-state index contributed by atoms with van der Waals surface area (Å²) in [6.07, 6.45) is 3.84. The summed E-state index contributed by atoms with van der Waals surface area (Å²) in [5.74, 6) is -0.587. The Hall–Kier alpha value is -3.86. The third kappa shape index (κ3) is 5.77. The molecule has 2 aromatic heterocycles. The van der Waals surface area contributed by atoms with E-state index in [9.17, 15) is 9.90 Å². The van der Waals surface area contributed by atoms with Crippen LogP contribution >= 0.6 is 0 Å². The Morgan fingerprint density at radius 2 is 2.08 bits per heavy atom. The van der Waals surface area contributed by atoms with E-state index >= 15 is 0 Å². The monoisotopic (exact) mass is 503 g/mol. The number of carboxylic acid groups (broad SMARTS) is 1. The van der Waals surface area contributed by atoms with Gasteiger partial charge in [0, 0.05) is 47.5 Å². The molecule has 3 heterocycles. The lowest BCUT2D eigenvalue weighted by Crippen LogP contribution is -2.43. The van der Waals surface area contributed by atoms with Crippen LogP contribution in [0.25, 0.3) is 28.1 Å². The number of aliphatic carboxylic acids is 1. The van der Waals surface area contributed by atoms with E-state index in [2.05, 4.69) is 25.6 Å². The summed E-state index contributed by atoms with van der Waals surface area (Å²) in [6, 6.07) is 13.5. The minimum absolute atomic E-state index is 0.395. The van der Waals surface area contributed by atoms with Crippen molar-refractivity contribution in [2.45, 2.75) is 31.5 Å². The van der Waals surface area contributed by atoms with Gasteiger partial charge in [-0.15, -0.1) is 5.10 Å². The minimum Gasteiger partial charge on any atom is -0.481 e. The SMILES string of the molecule is COc1ccc2c(/C=C/C(=O)O)ccc(C(O)CN3CCC(NCc4ccc5onnc5c4)CC3)c2n1. The summed E-state index contributed by atoms with van der Waals surface area (Å²) < 4.78 is 10.4. The van der Waals surface area contributed by atoms with Gasteiger partial charge in [-0.3, -0.25) is 0 Å². The van der Waals surface area contributed by atoms with Crippen LogP contribution in [0.15, 0.2) is 53.1 Å². The molecule has 0 spiro atoms. The van der Waals surface area contributed by atoms with Crippen LogP contribution in [0.1, 0.15) is 35.6 Å². The molecule has 0 bridgehead atoms. The molecule has 37 heavy (non-hydrogen) atoms. The van der Waals surface area contributed by atoms with Gasteiger partial charge in [-0.2, -0.15) is 0 Å². The Morgan fingerprint density at radius 1 is 1.24 bits per heavy atom. The number of benzene rings is 2. The van der Waals surface area contributed by atoms with Gasteiger partial charge in [-0.1, -0.05) is 18.2 Å². The molecule has 10 heteroatoms. The average Bonchev–Trinajstić information content (AvgIpc) is 3.39. The number of hydrogen-bond acceptors (Lipinski definition) is 9. The number of likely N-dealkylation sites (tertiary alicyclic amines) is 1. The quantitative estimate of drug-likeness (QED) is 0.292. The zero-order chi connectivity index (χ0) is 25.8. The van der Waals surface area contributed by atoms with Gasteiger partial charge in [-0.05, 0) is 61.3 Å². The first-order valence-corrected chi connectivity index (χ1v) is 12.2. The van der Waals surface area contributed by atoms with Gasteiger partial charge >= 0.3 is 5.97 Å². The standard InChI is InChI=1S/C27H29N5O5/c1-36-25-8-6-20-18(4-9-26(34)35)3-5-21(27(20)29-25)23(33)16-32-12-10-19(11-13-32)28-15-17-2-7-24-22(14-17)30-31-37-24/h2-9,14,19,23,28,33H,10-13,15-16H2,1H3,(H,34,35)/b9-4+. The van der Waals surface area contributed by atoms with Gasteiger partial charge in [-0.25, -0.2) is 9.78 Å². The molecule has 0 saturated carbocycles. The highest BCUT2D eigenvalue weighted by atomic mass is 16.5. The zero-order valence-electron chi connectivity index (χ0n) is 20.5. The number of nitrogens with zero attached hydrogens (tertiary/aromatic N) is 4. The lowest BCUT2D eigenvalue weighted by Gasteiger charge is -2.33. The lowest BCUT2D eigenvalue weighted by atomic mass is 9.98. The number of piperidine rings is 1. The maximum atomic E-state index is 11.2. The molecule has 0 amide bonds. The van der Waals surface area contributed by atoms with E-state index in [0.717, 1.165) is 55.0 Å². The van der Waals surface area contributed by atoms with E-state index in [1.165, 1.54) is 6.08 Å². The second-order valence-corrected chi connectivity index (χ2v) is 9.21. The first-order valence-electron chi connectivity index (χ1n) is 12.2. The first-order chi connectivity index (χ1) is 18.0. The smallest absolute Gasteiger partial charge is 0.328 e. The van der Waals surface area contributed by atoms with Crippen molar-refractivity contribution >= 4 is 34.0 Å². The molecule has 3 N–H and O–H groups in total. The molecular formula is C27H29N5O5. The molecule has 192 valence electrons. The van der Waals surface area contributed by atoms with Crippen molar-refractivity contribution in [3.8, 4) is 5.88 Å². The van der Waals surface area contributed by atoms with Crippen molar-refractivity contribution < 1.29 is 24.3 Å². The Balaban J connectivity index is 1.21. The number of rotatable bonds is 9. The van der Waals surface area contributed by atoms with Gasteiger partial charge in [0.15, 0.2) is 5.58 Å². The number of ether oxygens (including phenoxy) is 1. The van der Waals surface area contributed by atoms with Crippen LogP contribution in [0.2, 0.25) is 0 Å². The summed E-state index contributed by atoms with van der Waals surface area (Å²) in [5, 5.41) is 32.1. The van der Waals surface area contributed by atoms with E-state index in [1.807, 2.05) is 36.4 Å². The van der Waals surface area contributed by atoms with Crippen molar-refractivity contribution in [3.63, 3.8) is 0 Å². The number of β-amino-alcohol motifs (C(OH)–C–C–N with tert-alkyl or cyclic N) is 1. The molecule has 1 atom stereocenters. The van der Waals surface area contributed by atoms with Gasteiger partial charge < -0.3 is 29.7 Å². The summed E-state index contributed by atoms with van der Waals surface area (Å²) in [7, 11) is 1.54. The fourth-order valence-corrected chi connectivity index (χ4v) is 4.79. The molecule has 1 fully saturated rings. The second-order valence-electron chi connectivity index (χ2n) is 9.21. The number of fused-ring (bicyclic) bond motifs is 2. The van der Waals surface area contributed by atoms with Crippen LogP contribution in [-0.4, -0.2) is 69.2 Å². The van der Waals surface area contributed by atoms with Crippen molar-refractivity contribution in [3.05, 3.63) is 65.2 Å². The Labute approximate surface area is 213 Å². The number of aromatic nitrogens is 3. The summed E-state index contributed by atoms with van der Waals surface area (Å²) in [5.41, 5.74) is 4.60. The summed E-state index contributed by atoms with van der Waals surface area (Å²) in [6.45, 7) is 2.98. The molecule has 0 aliphatic carbocycles. The summed E-state index contributed by atoms with van der Waals surface area (Å²) >= 11 is 0. The maximum absolute atomic E-state index is 11.2. The Morgan fingerprint density at radius 3 is 2.86 bits per heavy atom. The van der Waals surface area contributed by atoms with Crippen molar-refractivity contribution in [2.24, 2.45) is 0 Å². The number of carboxylic acids is 1.